The van der Waals surface area contributed by atoms with Gasteiger partial charge >= 0.3 is 0 Å². The van der Waals surface area contributed by atoms with E-state index in [0.717, 1.165) is 11.1 Å². The van der Waals surface area contributed by atoms with Gasteiger partial charge in [-0.3, -0.25) is 4.55 Å². The van der Waals surface area contributed by atoms with Crippen LogP contribution in [0.3, 0.4) is 0 Å². The molecule has 0 radical (unpaired) electrons. The Morgan fingerprint density at radius 1 is 1.58 bits per heavy atom. The normalized spacial score (nSPS) is 12.8. The van der Waals surface area contributed by atoms with Crippen molar-refractivity contribution in [3.05, 3.63) is 35.4 Å². The van der Waals surface area contributed by atoms with Gasteiger partial charge in [0.05, 0.1) is 0 Å². The lowest BCUT2D eigenvalue weighted by molar-refractivity contribution is 0.548. The topological polar surface area (TPSA) is 49.3 Å². The van der Waals surface area contributed by atoms with Gasteiger partial charge in [0.1, 0.15) is 0 Å². The van der Waals surface area contributed by atoms with Gasteiger partial charge in [0.15, 0.2) is 0 Å². The molecule has 2 N–H and O–H groups in total. The van der Waals surface area contributed by atoms with Crippen LogP contribution >= 0.6 is 0 Å². The van der Waals surface area contributed by atoms with E-state index in [9.17, 15) is 4.21 Å². The molecule has 0 amide bonds. The fourth-order valence-electron chi connectivity index (χ4n) is 0.967. The maximum absolute atomic E-state index is 10.3. The van der Waals surface area contributed by atoms with Gasteiger partial charge in [-0.1, -0.05) is 29.8 Å². The second-order valence-electron chi connectivity index (χ2n) is 2.56. The Morgan fingerprint density at radius 2 is 2.33 bits per heavy atom. The van der Waals surface area contributed by atoms with E-state index in [2.05, 4.69) is 4.72 Å². The van der Waals surface area contributed by atoms with Crippen LogP contribution in [0.25, 0.3) is 0 Å². The quantitative estimate of drug-likeness (QED) is 0.696. The van der Waals surface area contributed by atoms with Crippen molar-refractivity contribution in [2.75, 3.05) is 0 Å². The molecule has 0 bridgehead atoms. The number of hydrogen-bond acceptors (Lipinski definition) is 1. The number of nitrogens with one attached hydrogen (secondary N) is 1. The first-order valence-corrected chi connectivity index (χ1v) is 4.69. The fraction of sp³-hybridized carbons (Fsp3) is 0.250. The second-order valence-corrected chi connectivity index (χ2v) is 3.35. The minimum Gasteiger partial charge on any atom is -0.294 e. The molecule has 0 saturated heterocycles. The van der Waals surface area contributed by atoms with Crippen LogP contribution in [0.5, 0.6) is 0 Å². The van der Waals surface area contributed by atoms with Crippen LogP contribution in [-0.4, -0.2) is 8.76 Å². The van der Waals surface area contributed by atoms with Gasteiger partial charge in [-0.05, 0) is 12.5 Å². The summed E-state index contributed by atoms with van der Waals surface area (Å²) in [6.45, 7) is 2.41. The van der Waals surface area contributed by atoms with E-state index in [1.54, 1.807) is 0 Å². The van der Waals surface area contributed by atoms with Gasteiger partial charge in [0.25, 0.3) is 0 Å². The van der Waals surface area contributed by atoms with E-state index >= 15 is 0 Å². The van der Waals surface area contributed by atoms with Crippen LogP contribution < -0.4 is 4.72 Å². The number of hydrogen-bond donors (Lipinski definition) is 2. The van der Waals surface area contributed by atoms with Crippen LogP contribution in [-0.2, 0) is 17.8 Å². The van der Waals surface area contributed by atoms with E-state index in [-0.39, 0.29) is 0 Å². The Kier molecular flexibility index (Phi) is 3.40. The Balaban J connectivity index is 2.57. The highest BCUT2D eigenvalue weighted by Crippen LogP contribution is 2.02. The van der Waals surface area contributed by atoms with Crippen LogP contribution in [0.15, 0.2) is 24.3 Å². The van der Waals surface area contributed by atoms with Gasteiger partial charge < -0.3 is 0 Å². The van der Waals surface area contributed by atoms with E-state index in [1.807, 2.05) is 31.2 Å². The third-order valence-corrected chi connectivity index (χ3v) is 1.87. The molecule has 4 heteroatoms. The summed E-state index contributed by atoms with van der Waals surface area (Å²) in [7, 11) is 0. The highest BCUT2D eigenvalue weighted by atomic mass is 32.2. The van der Waals surface area contributed by atoms with Crippen molar-refractivity contribution in [3.8, 4) is 0 Å². The molecule has 0 aliphatic carbocycles. The molecule has 12 heavy (non-hydrogen) atoms. The summed E-state index contributed by atoms with van der Waals surface area (Å²) in [6, 6.07) is 7.79. The third kappa shape index (κ3) is 3.13. The smallest absolute Gasteiger partial charge is 0.232 e. The molecule has 1 unspecified atom stereocenters. The molecule has 1 aromatic rings. The zero-order valence-corrected chi connectivity index (χ0v) is 7.60. The average molecular weight is 185 g/mol. The van der Waals surface area contributed by atoms with Crippen molar-refractivity contribution < 1.29 is 8.76 Å². The van der Waals surface area contributed by atoms with Crippen LogP contribution in [0, 0.1) is 6.92 Å². The molecular formula is C8H11NO2S. The predicted octanol–water partition coefficient (Wildman–Crippen LogP) is 1.22. The number of rotatable bonds is 3. The Bertz CT molecular complexity index is 288. The molecule has 0 spiro atoms. The summed E-state index contributed by atoms with van der Waals surface area (Å²) >= 11 is -1.92. The third-order valence-electron chi connectivity index (χ3n) is 1.48. The van der Waals surface area contributed by atoms with E-state index in [0.29, 0.717) is 6.54 Å². The van der Waals surface area contributed by atoms with E-state index in [1.165, 1.54) is 0 Å². The zero-order chi connectivity index (χ0) is 8.97. The standard InChI is InChI=1S/C8H11NO2S/c1-7-3-2-4-8(5-7)6-9-12(10)11/h2-5,9H,6H2,1H3,(H,10,11). The van der Waals surface area contributed by atoms with Gasteiger partial charge in [0, 0.05) is 6.54 Å². The molecule has 3 nitrogen and oxygen atoms in total. The van der Waals surface area contributed by atoms with Gasteiger partial charge in [-0.25, -0.2) is 8.93 Å². The van der Waals surface area contributed by atoms with E-state index in [4.69, 9.17) is 4.55 Å². The minimum atomic E-state index is -1.92. The van der Waals surface area contributed by atoms with Gasteiger partial charge in [-0.2, -0.15) is 0 Å². The molecule has 0 aliphatic heterocycles. The highest BCUT2D eigenvalue weighted by molar-refractivity contribution is 7.77. The molecular weight excluding hydrogens is 174 g/mol. The molecule has 1 rings (SSSR count). The van der Waals surface area contributed by atoms with Gasteiger partial charge in [-0.15, -0.1) is 0 Å². The lowest BCUT2D eigenvalue weighted by atomic mass is 10.1. The second kappa shape index (κ2) is 4.35. The van der Waals surface area contributed by atoms with Crippen LogP contribution in [0.1, 0.15) is 11.1 Å². The molecule has 0 aliphatic rings. The monoisotopic (exact) mass is 185 g/mol. The molecule has 0 aromatic heterocycles. The van der Waals surface area contributed by atoms with Crippen molar-refractivity contribution in [1.29, 1.82) is 0 Å². The Labute approximate surface area is 74.2 Å². The first-order chi connectivity index (χ1) is 5.68. The Hall–Kier alpha value is -0.710. The number of benzene rings is 1. The highest BCUT2D eigenvalue weighted by Gasteiger charge is 1.94. The predicted molar refractivity (Wildman–Crippen MR) is 48.8 cm³/mol. The maximum Gasteiger partial charge on any atom is 0.232 e. The zero-order valence-electron chi connectivity index (χ0n) is 6.78. The molecule has 1 atom stereocenters. The van der Waals surface area contributed by atoms with Crippen molar-refractivity contribution in [1.82, 2.24) is 4.72 Å². The molecule has 1 aromatic carbocycles. The summed E-state index contributed by atoms with van der Waals surface area (Å²) in [6.07, 6.45) is 0. The van der Waals surface area contributed by atoms with Crippen LogP contribution in [0.2, 0.25) is 0 Å². The molecule has 0 heterocycles. The molecule has 0 saturated carbocycles. The largest absolute Gasteiger partial charge is 0.294 e. The van der Waals surface area contributed by atoms with Crippen molar-refractivity contribution in [2.45, 2.75) is 13.5 Å². The first-order valence-electron chi connectivity index (χ1n) is 3.58. The minimum absolute atomic E-state index is 0.421. The maximum atomic E-state index is 10.3. The van der Waals surface area contributed by atoms with Gasteiger partial charge in [0.2, 0.25) is 11.3 Å². The van der Waals surface area contributed by atoms with Crippen LogP contribution in [0.4, 0.5) is 0 Å². The first kappa shape index (κ1) is 9.38. The van der Waals surface area contributed by atoms with Crippen molar-refractivity contribution in [3.63, 3.8) is 0 Å². The Morgan fingerprint density at radius 3 is 2.92 bits per heavy atom. The lowest BCUT2D eigenvalue weighted by Gasteiger charge is -2.00. The SMILES string of the molecule is Cc1cccc(CNS(=O)O)c1. The fourth-order valence-corrected chi connectivity index (χ4v) is 1.26. The molecule has 66 valence electrons. The van der Waals surface area contributed by atoms with Crippen molar-refractivity contribution >= 4 is 11.3 Å². The molecule has 0 fully saturated rings. The number of aryl methyl sites for hydroxylation is 1. The summed E-state index contributed by atoms with van der Waals surface area (Å²) in [5.41, 5.74) is 2.16. The summed E-state index contributed by atoms with van der Waals surface area (Å²) in [5.74, 6) is 0. The lowest BCUT2D eigenvalue weighted by Crippen LogP contribution is -2.15. The van der Waals surface area contributed by atoms with E-state index < -0.39 is 11.3 Å². The summed E-state index contributed by atoms with van der Waals surface area (Å²) < 4.78 is 21.1. The summed E-state index contributed by atoms with van der Waals surface area (Å²) in [5, 5.41) is 0. The summed E-state index contributed by atoms with van der Waals surface area (Å²) in [4.78, 5) is 0. The average Bonchev–Trinajstić information content (AvgIpc) is 2.01. The van der Waals surface area contributed by atoms with Crippen molar-refractivity contribution in [2.24, 2.45) is 0 Å².